The third kappa shape index (κ3) is 8.76. The second-order valence-electron chi connectivity index (χ2n) is 8.80. The topological polar surface area (TPSA) is 9.23 Å². The molecule has 1 heteroatoms. The van der Waals surface area contributed by atoms with Crippen LogP contribution >= 0.6 is 0 Å². The first-order chi connectivity index (χ1) is 12.3. The Hall–Kier alpha value is -0.300. The summed E-state index contributed by atoms with van der Waals surface area (Å²) in [5, 5.41) is 0. The molecule has 146 valence electrons. The van der Waals surface area contributed by atoms with Crippen LogP contribution in [0, 0.1) is 17.8 Å². The Balaban J connectivity index is 1.51. The maximum Gasteiger partial charge on any atom is 0.0575 e. The predicted octanol–water partition coefficient (Wildman–Crippen LogP) is 7.69. The lowest BCUT2D eigenvalue weighted by Gasteiger charge is -2.31. The van der Waals surface area contributed by atoms with Crippen LogP contribution in [-0.2, 0) is 4.74 Å². The van der Waals surface area contributed by atoms with Gasteiger partial charge in [0.2, 0.25) is 0 Å². The standard InChI is InChI=1S/C24H44O/c1-3-5-7-8-9-21-10-12-22(13-11-21)14-15-23-16-18-24(19-17-23)25-20-6-4-2/h8-9,21-24H,3-7,10-20H2,1-2H3/b9-8+. The molecule has 0 radical (unpaired) electrons. The Labute approximate surface area is 158 Å². The summed E-state index contributed by atoms with van der Waals surface area (Å²) in [6, 6.07) is 0. The number of rotatable bonds is 11. The molecule has 0 aromatic carbocycles. The van der Waals surface area contributed by atoms with Crippen LogP contribution in [0.5, 0.6) is 0 Å². The number of allylic oxidation sites excluding steroid dienone is 2. The summed E-state index contributed by atoms with van der Waals surface area (Å²) in [5.41, 5.74) is 0. The van der Waals surface area contributed by atoms with Crippen LogP contribution in [0.1, 0.15) is 110 Å². The molecule has 0 bridgehead atoms. The molecule has 2 saturated carbocycles. The highest BCUT2D eigenvalue weighted by Crippen LogP contribution is 2.36. The van der Waals surface area contributed by atoms with Crippen molar-refractivity contribution in [3.05, 3.63) is 12.2 Å². The maximum absolute atomic E-state index is 6.02. The van der Waals surface area contributed by atoms with Gasteiger partial charge in [0.25, 0.3) is 0 Å². The first-order valence-corrected chi connectivity index (χ1v) is 11.6. The quantitative estimate of drug-likeness (QED) is 0.274. The van der Waals surface area contributed by atoms with Crippen molar-refractivity contribution in [2.24, 2.45) is 17.8 Å². The molecule has 0 N–H and O–H groups in total. The summed E-state index contributed by atoms with van der Waals surface area (Å²) in [5.74, 6) is 2.92. The van der Waals surface area contributed by atoms with E-state index in [-0.39, 0.29) is 0 Å². The highest BCUT2D eigenvalue weighted by molar-refractivity contribution is 4.91. The average Bonchev–Trinajstić information content (AvgIpc) is 2.66. The van der Waals surface area contributed by atoms with E-state index in [4.69, 9.17) is 4.74 Å². The summed E-state index contributed by atoms with van der Waals surface area (Å²) in [6.45, 7) is 5.52. The van der Waals surface area contributed by atoms with E-state index in [2.05, 4.69) is 26.0 Å². The van der Waals surface area contributed by atoms with E-state index in [1.165, 1.54) is 96.3 Å². The summed E-state index contributed by atoms with van der Waals surface area (Å²) in [4.78, 5) is 0. The van der Waals surface area contributed by atoms with Gasteiger partial charge in [0.15, 0.2) is 0 Å². The van der Waals surface area contributed by atoms with Gasteiger partial charge in [-0.25, -0.2) is 0 Å². The molecule has 0 saturated heterocycles. The van der Waals surface area contributed by atoms with Gasteiger partial charge >= 0.3 is 0 Å². The normalized spacial score (nSPS) is 30.8. The summed E-state index contributed by atoms with van der Waals surface area (Å²) >= 11 is 0. The molecule has 0 spiro atoms. The van der Waals surface area contributed by atoms with Gasteiger partial charge < -0.3 is 4.74 Å². The lowest BCUT2D eigenvalue weighted by molar-refractivity contribution is 0.0151. The van der Waals surface area contributed by atoms with Crippen LogP contribution in [0.25, 0.3) is 0 Å². The first kappa shape index (κ1) is 21.0. The molecule has 2 aliphatic carbocycles. The van der Waals surface area contributed by atoms with Crippen LogP contribution < -0.4 is 0 Å². The average molecular weight is 349 g/mol. The zero-order chi connectivity index (χ0) is 17.7. The van der Waals surface area contributed by atoms with Crippen molar-refractivity contribution in [1.82, 2.24) is 0 Å². The van der Waals surface area contributed by atoms with Crippen LogP contribution in [0.15, 0.2) is 12.2 Å². The van der Waals surface area contributed by atoms with Gasteiger partial charge in [0.05, 0.1) is 6.10 Å². The van der Waals surface area contributed by atoms with Crippen LogP contribution in [-0.4, -0.2) is 12.7 Å². The van der Waals surface area contributed by atoms with Gasteiger partial charge in [-0.1, -0.05) is 58.1 Å². The zero-order valence-corrected chi connectivity index (χ0v) is 17.2. The van der Waals surface area contributed by atoms with Crippen molar-refractivity contribution in [2.45, 2.75) is 116 Å². The molecule has 2 aliphatic rings. The second kappa shape index (κ2) is 13.0. The number of hydrogen-bond acceptors (Lipinski definition) is 1. The van der Waals surface area contributed by atoms with Gasteiger partial charge in [-0.05, 0) is 82.0 Å². The summed E-state index contributed by atoms with van der Waals surface area (Å²) < 4.78 is 6.02. The van der Waals surface area contributed by atoms with Crippen molar-refractivity contribution in [3.8, 4) is 0 Å². The van der Waals surface area contributed by atoms with Gasteiger partial charge in [0.1, 0.15) is 0 Å². The molecule has 0 aromatic rings. The number of hydrogen-bond donors (Lipinski definition) is 0. The van der Waals surface area contributed by atoms with Gasteiger partial charge in [-0.15, -0.1) is 0 Å². The Morgan fingerprint density at radius 1 is 0.760 bits per heavy atom. The van der Waals surface area contributed by atoms with E-state index >= 15 is 0 Å². The van der Waals surface area contributed by atoms with Crippen LogP contribution in [0.4, 0.5) is 0 Å². The predicted molar refractivity (Wildman–Crippen MR) is 110 cm³/mol. The second-order valence-corrected chi connectivity index (χ2v) is 8.80. The number of unbranched alkanes of at least 4 members (excludes halogenated alkanes) is 3. The largest absolute Gasteiger partial charge is 0.378 e. The SMILES string of the molecule is CCCC/C=C/C1CCC(CCC2CCC(OCCCC)CC2)CC1. The fourth-order valence-corrected chi connectivity index (χ4v) is 4.73. The Morgan fingerprint density at radius 2 is 1.36 bits per heavy atom. The van der Waals surface area contributed by atoms with Crippen molar-refractivity contribution < 1.29 is 4.74 Å². The highest BCUT2D eigenvalue weighted by atomic mass is 16.5. The third-order valence-electron chi connectivity index (χ3n) is 6.65. The molecule has 2 rings (SSSR count). The molecular weight excluding hydrogens is 304 g/mol. The third-order valence-corrected chi connectivity index (χ3v) is 6.65. The maximum atomic E-state index is 6.02. The molecule has 25 heavy (non-hydrogen) atoms. The van der Waals surface area contributed by atoms with E-state index in [1.54, 1.807) is 0 Å². The van der Waals surface area contributed by atoms with Crippen LogP contribution in [0.3, 0.4) is 0 Å². The Bertz CT molecular complexity index is 332. The highest BCUT2D eigenvalue weighted by Gasteiger charge is 2.24. The fourth-order valence-electron chi connectivity index (χ4n) is 4.73. The van der Waals surface area contributed by atoms with E-state index in [1.807, 2.05) is 0 Å². The van der Waals surface area contributed by atoms with Crippen molar-refractivity contribution in [3.63, 3.8) is 0 Å². The molecular formula is C24H44O. The summed E-state index contributed by atoms with van der Waals surface area (Å²) in [6.07, 6.45) is 26.4. The molecule has 0 unspecified atom stereocenters. The van der Waals surface area contributed by atoms with E-state index in [0.29, 0.717) is 6.10 Å². The Morgan fingerprint density at radius 3 is 1.96 bits per heavy atom. The first-order valence-electron chi connectivity index (χ1n) is 11.6. The van der Waals surface area contributed by atoms with Crippen LogP contribution in [0.2, 0.25) is 0 Å². The molecule has 0 aliphatic heterocycles. The minimum absolute atomic E-state index is 0.581. The Kier molecular flexibility index (Phi) is 10.9. The molecule has 0 amide bonds. The van der Waals surface area contributed by atoms with Gasteiger partial charge in [0, 0.05) is 6.61 Å². The molecule has 0 heterocycles. The lowest BCUT2D eigenvalue weighted by Crippen LogP contribution is -2.23. The molecule has 1 nitrogen and oxygen atoms in total. The van der Waals surface area contributed by atoms with Crippen molar-refractivity contribution >= 4 is 0 Å². The monoisotopic (exact) mass is 348 g/mol. The zero-order valence-electron chi connectivity index (χ0n) is 17.2. The molecule has 2 fully saturated rings. The van der Waals surface area contributed by atoms with Crippen molar-refractivity contribution in [2.75, 3.05) is 6.61 Å². The van der Waals surface area contributed by atoms with E-state index < -0.39 is 0 Å². The smallest absolute Gasteiger partial charge is 0.0575 e. The van der Waals surface area contributed by atoms with Crippen molar-refractivity contribution in [1.29, 1.82) is 0 Å². The van der Waals surface area contributed by atoms with E-state index in [0.717, 1.165) is 24.4 Å². The number of ether oxygens (including phenoxy) is 1. The molecule has 0 atom stereocenters. The minimum Gasteiger partial charge on any atom is -0.378 e. The molecule has 0 aromatic heterocycles. The van der Waals surface area contributed by atoms with Gasteiger partial charge in [-0.2, -0.15) is 0 Å². The fraction of sp³-hybridized carbons (Fsp3) is 0.917. The van der Waals surface area contributed by atoms with E-state index in [9.17, 15) is 0 Å². The lowest BCUT2D eigenvalue weighted by atomic mass is 9.77. The minimum atomic E-state index is 0.581. The van der Waals surface area contributed by atoms with Gasteiger partial charge in [-0.3, -0.25) is 0 Å². The summed E-state index contributed by atoms with van der Waals surface area (Å²) in [7, 11) is 0.